The first kappa shape index (κ1) is 33.5. The molecule has 0 fully saturated rings. The van der Waals surface area contributed by atoms with Gasteiger partial charge in [0.2, 0.25) is 0 Å². The maximum absolute atomic E-state index is 6.72. The molecule has 0 unspecified atom stereocenters. The Bertz CT molecular complexity index is 3470. The van der Waals surface area contributed by atoms with E-state index in [9.17, 15) is 0 Å². The molecule has 1 aliphatic carbocycles. The number of aromatic nitrogens is 4. The molecule has 0 bridgehead atoms. The summed E-state index contributed by atoms with van der Waals surface area (Å²) < 4.78 is 9.06. The van der Waals surface area contributed by atoms with Gasteiger partial charge in [-0.05, 0) is 69.8 Å². The van der Waals surface area contributed by atoms with Crippen LogP contribution in [-0.2, 0) is 5.41 Å². The van der Waals surface area contributed by atoms with Gasteiger partial charge in [-0.25, -0.2) is 15.0 Å². The Hall–Kier alpha value is -7.63. The Morgan fingerprint density at radius 1 is 0.424 bits per heavy atom. The summed E-state index contributed by atoms with van der Waals surface area (Å²) >= 11 is 0. The van der Waals surface area contributed by atoms with E-state index in [1.54, 1.807) is 0 Å². The summed E-state index contributed by atoms with van der Waals surface area (Å²) in [4.78, 5) is 15.7. The molecular weight excluding hydrogens is 721 g/mol. The smallest absolute Gasteiger partial charge is 0.164 e. The van der Waals surface area contributed by atoms with Gasteiger partial charge in [0.05, 0.1) is 11.0 Å². The average molecular weight is 757 g/mol. The topological polar surface area (TPSA) is 56.7 Å². The van der Waals surface area contributed by atoms with Gasteiger partial charge in [0.25, 0.3) is 0 Å². The van der Waals surface area contributed by atoms with Gasteiger partial charge in [0.15, 0.2) is 17.5 Å². The molecule has 1 aliphatic rings. The molecule has 12 rings (SSSR count). The van der Waals surface area contributed by atoms with Gasteiger partial charge in [-0.3, -0.25) is 0 Å². The zero-order chi connectivity index (χ0) is 39.2. The highest BCUT2D eigenvalue weighted by Gasteiger charge is 2.37. The Morgan fingerprint density at radius 3 is 1.92 bits per heavy atom. The Labute approximate surface area is 340 Å². The maximum atomic E-state index is 6.72. The van der Waals surface area contributed by atoms with Crippen LogP contribution in [-0.4, -0.2) is 19.5 Å². The normalized spacial score (nSPS) is 13.1. The third-order valence-electron chi connectivity index (χ3n) is 12.3. The van der Waals surface area contributed by atoms with Crippen molar-refractivity contribution in [2.24, 2.45) is 0 Å². The first-order valence-electron chi connectivity index (χ1n) is 20.1. The number of fused-ring (bicyclic) bond motifs is 9. The largest absolute Gasteiger partial charge is 0.456 e. The van der Waals surface area contributed by atoms with Crippen molar-refractivity contribution in [2.45, 2.75) is 19.3 Å². The zero-order valence-electron chi connectivity index (χ0n) is 32.5. The van der Waals surface area contributed by atoms with Crippen LogP contribution in [0.1, 0.15) is 25.0 Å². The molecule has 59 heavy (non-hydrogen) atoms. The van der Waals surface area contributed by atoms with Crippen LogP contribution < -0.4 is 0 Å². The minimum absolute atomic E-state index is 0.148. The zero-order valence-corrected chi connectivity index (χ0v) is 32.5. The molecule has 3 heterocycles. The number of furan rings is 1. The summed E-state index contributed by atoms with van der Waals surface area (Å²) in [5.74, 6) is 1.88. The van der Waals surface area contributed by atoms with Crippen LogP contribution in [0.25, 0.3) is 106 Å². The molecule has 3 aromatic heterocycles. The molecule has 0 saturated heterocycles. The van der Waals surface area contributed by atoms with E-state index >= 15 is 0 Å². The molecular formula is C54H36N4O. The van der Waals surface area contributed by atoms with E-state index in [0.29, 0.717) is 17.5 Å². The molecule has 0 saturated carbocycles. The highest BCUT2D eigenvalue weighted by atomic mass is 16.3. The Kier molecular flexibility index (Phi) is 7.20. The average Bonchev–Trinajstić information content (AvgIpc) is 3.91. The predicted molar refractivity (Wildman–Crippen MR) is 241 cm³/mol. The fourth-order valence-corrected chi connectivity index (χ4v) is 9.48. The molecule has 0 radical (unpaired) electrons. The fraction of sp³-hybridized carbons (Fsp3) is 0.0556. The minimum Gasteiger partial charge on any atom is -0.456 e. The molecule has 0 aliphatic heterocycles. The summed E-state index contributed by atoms with van der Waals surface area (Å²) in [5, 5.41) is 4.41. The first-order chi connectivity index (χ1) is 29.0. The van der Waals surface area contributed by atoms with Crippen LogP contribution in [0.4, 0.5) is 0 Å². The van der Waals surface area contributed by atoms with E-state index in [1.165, 1.54) is 44.2 Å². The first-order valence-corrected chi connectivity index (χ1v) is 20.1. The second kappa shape index (κ2) is 12.7. The lowest BCUT2D eigenvalue weighted by Gasteiger charge is -2.21. The maximum Gasteiger partial charge on any atom is 0.164 e. The van der Waals surface area contributed by atoms with Crippen molar-refractivity contribution in [1.29, 1.82) is 0 Å². The Balaban J connectivity index is 1.04. The van der Waals surface area contributed by atoms with Gasteiger partial charge < -0.3 is 8.98 Å². The van der Waals surface area contributed by atoms with Gasteiger partial charge in [0.1, 0.15) is 11.2 Å². The second-order valence-electron chi connectivity index (χ2n) is 16.0. The molecule has 278 valence electrons. The van der Waals surface area contributed by atoms with Crippen molar-refractivity contribution < 1.29 is 4.42 Å². The number of hydrogen-bond acceptors (Lipinski definition) is 4. The van der Waals surface area contributed by atoms with Crippen LogP contribution >= 0.6 is 0 Å². The van der Waals surface area contributed by atoms with E-state index in [4.69, 9.17) is 19.4 Å². The monoisotopic (exact) mass is 756 g/mol. The molecule has 0 N–H and O–H groups in total. The van der Waals surface area contributed by atoms with Crippen molar-refractivity contribution in [3.63, 3.8) is 0 Å². The molecule has 0 atom stereocenters. The summed E-state index contributed by atoms with van der Waals surface area (Å²) in [6.07, 6.45) is 0. The standard InChI is InChI=1S/C54H36N4O/c1-54(2)43-23-11-9-20-38(43)49-40(21-13-24-44(49)54)52-55-51(34-17-7-4-8-18-34)56-53(57-52)41-22-14-26-47-50(41)39-29-28-36(32-48(39)59-47)58-45-25-12-10-19-37(45)42-31-35(27-30-46(42)58)33-15-5-3-6-16-33/h3-32H,1-2H3. The second-order valence-corrected chi connectivity index (χ2v) is 16.0. The summed E-state index contributed by atoms with van der Waals surface area (Å²) in [6.45, 7) is 4.60. The van der Waals surface area contributed by atoms with Crippen molar-refractivity contribution in [2.75, 3.05) is 0 Å². The van der Waals surface area contributed by atoms with Crippen molar-refractivity contribution >= 4 is 43.7 Å². The van der Waals surface area contributed by atoms with E-state index in [1.807, 2.05) is 30.3 Å². The van der Waals surface area contributed by atoms with Gasteiger partial charge in [0, 0.05) is 55.4 Å². The highest BCUT2D eigenvalue weighted by molar-refractivity contribution is 6.14. The van der Waals surface area contributed by atoms with E-state index < -0.39 is 0 Å². The molecule has 8 aromatic carbocycles. The number of nitrogens with zero attached hydrogens (tertiary/aromatic N) is 4. The number of hydrogen-bond donors (Lipinski definition) is 0. The van der Waals surface area contributed by atoms with Gasteiger partial charge >= 0.3 is 0 Å². The lowest BCUT2D eigenvalue weighted by atomic mass is 9.82. The summed E-state index contributed by atoms with van der Waals surface area (Å²) in [5.41, 5.74) is 15.0. The predicted octanol–water partition coefficient (Wildman–Crippen LogP) is 13.8. The number of rotatable bonds is 5. The third-order valence-corrected chi connectivity index (χ3v) is 12.3. The number of benzene rings is 8. The molecule has 11 aromatic rings. The SMILES string of the molecule is CC1(C)c2ccccc2-c2c(-c3nc(-c4ccccc4)nc(-c4cccc5oc6cc(-n7c8ccccc8c8cc(-c9ccccc9)ccc87)ccc6c45)n3)cccc21. The van der Waals surface area contributed by atoms with Crippen LogP contribution in [0.5, 0.6) is 0 Å². The fourth-order valence-electron chi connectivity index (χ4n) is 9.48. The minimum atomic E-state index is -0.148. The third kappa shape index (κ3) is 5.08. The molecule has 5 nitrogen and oxygen atoms in total. The quantitative estimate of drug-likeness (QED) is 0.175. The van der Waals surface area contributed by atoms with E-state index in [2.05, 4.69) is 170 Å². The van der Waals surface area contributed by atoms with Crippen molar-refractivity contribution in [3.05, 3.63) is 193 Å². The summed E-state index contributed by atoms with van der Waals surface area (Å²) in [6, 6.07) is 64.1. The van der Waals surface area contributed by atoms with E-state index in [0.717, 1.165) is 55.3 Å². The number of para-hydroxylation sites is 1. The van der Waals surface area contributed by atoms with Crippen molar-refractivity contribution in [3.8, 4) is 62.1 Å². The van der Waals surface area contributed by atoms with Crippen LogP contribution in [0.15, 0.2) is 186 Å². The molecule has 5 heteroatoms. The van der Waals surface area contributed by atoms with Crippen LogP contribution in [0.2, 0.25) is 0 Å². The summed E-state index contributed by atoms with van der Waals surface area (Å²) in [7, 11) is 0. The van der Waals surface area contributed by atoms with Gasteiger partial charge in [-0.2, -0.15) is 0 Å². The van der Waals surface area contributed by atoms with Crippen LogP contribution in [0, 0.1) is 0 Å². The highest BCUT2D eigenvalue weighted by Crippen LogP contribution is 2.52. The van der Waals surface area contributed by atoms with E-state index in [-0.39, 0.29) is 5.41 Å². The molecule has 0 amide bonds. The Morgan fingerprint density at radius 2 is 1.07 bits per heavy atom. The lowest BCUT2D eigenvalue weighted by molar-refractivity contribution is 0.660. The van der Waals surface area contributed by atoms with Gasteiger partial charge in [-0.1, -0.05) is 153 Å². The van der Waals surface area contributed by atoms with Gasteiger partial charge in [-0.15, -0.1) is 0 Å². The molecule has 0 spiro atoms. The lowest BCUT2D eigenvalue weighted by Crippen LogP contribution is -2.14. The van der Waals surface area contributed by atoms with Crippen molar-refractivity contribution in [1.82, 2.24) is 19.5 Å². The van der Waals surface area contributed by atoms with Crippen LogP contribution in [0.3, 0.4) is 0 Å².